The molecule has 16 heavy (non-hydrogen) atoms. The van der Waals surface area contributed by atoms with Gasteiger partial charge in [-0.25, -0.2) is 0 Å². The standard InChI is InChI=1S/C12H18ClNO.ClH/c1-4-15-12-8(2)5-11(13)7-10(12)6-9(3)14;/h5,7,9H,4,6,14H2,1-3H3;1H. The molecule has 0 amide bonds. The average Bonchev–Trinajstić information content (AvgIpc) is 2.10. The van der Waals surface area contributed by atoms with Gasteiger partial charge in [-0.2, -0.15) is 0 Å². The molecule has 0 radical (unpaired) electrons. The summed E-state index contributed by atoms with van der Waals surface area (Å²) in [6.45, 7) is 6.62. The first-order valence-electron chi connectivity index (χ1n) is 5.22. The Morgan fingerprint density at radius 2 is 2.06 bits per heavy atom. The highest BCUT2D eigenvalue weighted by atomic mass is 35.5. The number of rotatable bonds is 4. The molecule has 0 saturated heterocycles. The summed E-state index contributed by atoms with van der Waals surface area (Å²) in [4.78, 5) is 0. The van der Waals surface area contributed by atoms with Gasteiger partial charge < -0.3 is 10.5 Å². The van der Waals surface area contributed by atoms with Gasteiger partial charge in [-0.1, -0.05) is 11.6 Å². The number of hydrogen-bond acceptors (Lipinski definition) is 2. The summed E-state index contributed by atoms with van der Waals surface area (Å²) >= 11 is 6.01. The van der Waals surface area contributed by atoms with Gasteiger partial charge in [0, 0.05) is 11.1 Å². The molecule has 0 aliphatic rings. The quantitative estimate of drug-likeness (QED) is 0.905. The molecule has 1 rings (SSSR count). The number of ether oxygens (including phenoxy) is 1. The second-order valence-corrected chi connectivity index (χ2v) is 4.26. The van der Waals surface area contributed by atoms with E-state index in [-0.39, 0.29) is 18.4 Å². The van der Waals surface area contributed by atoms with Crippen LogP contribution in [0.5, 0.6) is 5.75 Å². The van der Waals surface area contributed by atoms with E-state index in [1.54, 1.807) is 0 Å². The third-order valence-corrected chi connectivity index (χ3v) is 2.37. The second-order valence-electron chi connectivity index (χ2n) is 3.83. The van der Waals surface area contributed by atoms with Gasteiger partial charge >= 0.3 is 0 Å². The van der Waals surface area contributed by atoms with Crippen LogP contribution in [-0.4, -0.2) is 12.6 Å². The van der Waals surface area contributed by atoms with Crippen molar-refractivity contribution in [3.05, 3.63) is 28.3 Å². The minimum atomic E-state index is 0. The molecule has 0 aromatic heterocycles. The third-order valence-electron chi connectivity index (χ3n) is 2.15. The number of benzene rings is 1. The topological polar surface area (TPSA) is 35.2 Å². The molecular weight excluding hydrogens is 245 g/mol. The van der Waals surface area contributed by atoms with Crippen LogP contribution in [0.2, 0.25) is 5.02 Å². The normalized spacial score (nSPS) is 11.8. The van der Waals surface area contributed by atoms with Crippen molar-refractivity contribution >= 4 is 24.0 Å². The zero-order valence-electron chi connectivity index (χ0n) is 9.92. The molecule has 2 nitrogen and oxygen atoms in total. The van der Waals surface area contributed by atoms with Crippen molar-refractivity contribution in [3.63, 3.8) is 0 Å². The van der Waals surface area contributed by atoms with Gasteiger partial charge in [0.1, 0.15) is 5.75 Å². The smallest absolute Gasteiger partial charge is 0.125 e. The monoisotopic (exact) mass is 263 g/mol. The Morgan fingerprint density at radius 1 is 1.44 bits per heavy atom. The van der Waals surface area contributed by atoms with E-state index in [2.05, 4.69) is 0 Å². The van der Waals surface area contributed by atoms with Crippen molar-refractivity contribution in [1.82, 2.24) is 0 Å². The summed E-state index contributed by atoms with van der Waals surface area (Å²) in [5.74, 6) is 0.930. The maximum absolute atomic E-state index is 6.01. The van der Waals surface area contributed by atoms with Gasteiger partial charge in [-0.05, 0) is 50.5 Å². The SMILES string of the molecule is CCOc1c(C)cc(Cl)cc1CC(C)N.Cl. The largest absolute Gasteiger partial charge is 0.493 e. The molecule has 1 atom stereocenters. The lowest BCUT2D eigenvalue weighted by molar-refractivity contribution is 0.333. The molecule has 0 saturated carbocycles. The molecular formula is C12H19Cl2NO. The number of halogens is 2. The van der Waals surface area contributed by atoms with Gasteiger partial charge in [0.2, 0.25) is 0 Å². The molecule has 0 aliphatic carbocycles. The Balaban J connectivity index is 0.00000225. The van der Waals surface area contributed by atoms with Gasteiger partial charge in [0.15, 0.2) is 0 Å². The fraction of sp³-hybridized carbons (Fsp3) is 0.500. The van der Waals surface area contributed by atoms with Crippen LogP contribution in [0.15, 0.2) is 12.1 Å². The van der Waals surface area contributed by atoms with E-state index >= 15 is 0 Å². The molecule has 0 aliphatic heterocycles. The first-order valence-corrected chi connectivity index (χ1v) is 5.59. The Hall–Kier alpha value is -0.440. The minimum Gasteiger partial charge on any atom is -0.493 e. The van der Waals surface area contributed by atoms with Gasteiger partial charge in [0.25, 0.3) is 0 Å². The summed E-state index contributed by atoms with van der Waals surface area (Å²) in [6.07, 6.45) is 0.788. The highest BCUT2D eigenvalue weighted by molar-refractivity contribution is 6.30. The van der Waals surface area contributed by atoms with Crippen molar-refractivity contribution in [2.45, 2.75) is 33.2 Å². The first kappa shape index (κ1) is 15.6. The maximum atomic E-state index is 6.01. The van der Waals surface area contributed by atoms with Crippen molar-refractivity contribution in [3.8, 4) is 5.75 Å². The molecule has 0 bridgehead atoms. The molecule has 1 aromatic carbocycles. The van der Waals surface area contributed by atoms with Gasteiger partial charge in [-0.3, -0.25) is 0 Å². The van der Waals surface area contributed by atoms with Crippen molar-refractivity contribution in [2.24, 2.45) is 5.73 Å². The lowest BCUT2D eigenvalue weighted by atomic mass is 10.0. The minimum absolute atomic E-state index is 0. The second kappa shape index (κ2) is 7.00. The molecule has 0 heterocycles. The van der Waals surface area contributed by atoms with Crippen molar-refractivity contribution in [1.29, 1.82) is 0 Å². The molecule has 4 heteroatoms. The van der Waals surface area contributed by atoms with Crippen LogP contribution in [0.25, 0.3) is 0 Å². The lowest BCUT2D eigenvalue weighted by Gasteiger charge is -2.15. The van der Waals surface area contributed by atoms with E-state index in [9.17, 15) is 0 Å². The number of hydrogen-bond donors (Lipinski definition) is 1. The van der Waals surface area contributed by atoms with E-state index in [0.29, 0.717) is 6.61 Å². The predicted octanol–water partition coefficient (Wildman–Crippen LogP) is 3.36. The van der Waals surface area contributed by atoms with E-state index in [1.807, 2.05) is 32.9 Å². The fourth-order valence-electron chi connectivity index (χ4n) is 1.65. The van der Waals surface area contributed by atoms with Gasteiger partial charge in [-0.15, -0.1) is 12.4 Å². The number of nitrogens with two attached hydrogens (primary N) is 1. The van der Waals surface area contributed by atoms with Crippen LogP contribution < -0.4 is 10.5 Å². The molecule has 0 fully saturated rings. The predicted molar refractivity (Wildman–Crippen MR) is 72.0 cm³/mol. The van der Waals surface area contributed by atoms with Crippen LogP contribution in [0.4, 0.5) is 0 Å². The fourth-order valence-corrected chi connectivity index (χ4v) is 1.94. The van der Waals surface area contributed by atoms with E-state index < -0.39 is 0 Å². The summed E-state index contributed by atoms with van der Waals surface area (Å²) in [7, 11) is 0. The van der Waals surface area contributed by atoms with Crippen LogP contribution in [0.3, 0.4) is 0 Å². The maximum Gasteiger partial charge on any atom is 0.125 e. The molecule has 1 unspecified atom stereocenters. The lowest BCUT2D eigenvalue weighted by Crippen LogP contribution is -2.18. The summed E-state index contributed by atoms with van der Waals surface area (Å²) < 4.78 is 5.61. The van der Waals surface area contributed by atoms with E-state index in [0.717, 1.165) is 28.3 Å². The molecule has 1 aromatic rings. The summed E-state index contributed by atoms with van der Waals surface area (Å²) in [5.41, 5.74) is 7.95. The van der Waals surface area contributed by atoms with Crippen LogP contribution in [-0.2, 0) is 6.42 Å². The summed E-state index contributed by atoms with van der Waals surface area (Å²) in [6, 6.07) is 3.96. The molecule has 2 N–H and O–H groups in total. The van der Waals surface area contributed by atoms with Crippen LogP contribution in [0, 0.1) is 6.92 Å². The van der Waals surface area contributed by atoms with E-state index in [4.69, 9.17) is 22.1 Å². The Morgan fingerprint density at radius 3 is 2.56 bits per heavy atom. The van der Waals surface area contributed by atoms with Crippen LogP contribution in [0.1, 0.15) is 25.0 Å². The molecule has 0 spiro atoms. The first-order chi connectivity index (χ1) is 7.04. The van der Waals surface area contributed by atoms with Crippen LogP contribution >= 0.6 is 24.0 Å². The molecule has 92 valence electrons. The van der Waals surface area contributed by atoms with Crippen molar-refractivity contribution in [2.75, 3.05) is 6.61 Å². The zero-order valence-corrected chi connectivity index (χ0v) is 11.5. The van der Waals surface area contributed by atoms with Crippen molar-refractivity contribution < 1.29 is 4.74 Å². The highest BCUT2D eigenvalue weighted by Crippen LogP contribution is 2.28. The van der Waals surface area contributed by atoms with E-state index in [1.165, 1.54) is 0 Å². The van der Waals surface area contributed by atoms with Gasteiger partial charge in [0.05, 0.1) is 6.61 Å². The number of aryl methyl sites for hydroxylation is 1. The zero-order chi connectivity index (χ0) is 11.4. The Kier molecular flexibility index (Phi) is 6.81. The Labute approximate surface area is 109 Å². The summed E-state index contributed by atoms with van der Waals surface area (Å²) in [5, 5.41) is 0.742. The average molecular weight is 264 g/mol. The Bertz CT molecular complexity index is 340. The highest BCUT2D eigenvalue weighted by Gasteiger charge is 2.10. The third kappa shape index (κ3) is 4.20.